The van der Waals surface area contributed by atoms with Crippen LogP contribution in [0.5, 0.6) is 5.75 Å². The second kappa shape index (κ2) is 8.62. The highest BCUT2D eigenvalue weighted by Gasteiger charge is 2.31. The summed E-state index contributed by atoms with van der Waals surface area (Å²) in [5, 5.41) is 14.3. The predicted octanol–water partition coefficient (Wildman–Crippen LogP) is 2.16. The van der Waals surface area contributed by atoms with E-state index >= 15 is 0 Å². The van der Waals surface area contributed by atoms with Gasteiger partial charge in [-0.05, 0) is 42.6 Å². The van der Waals surface area contributed by atoms with Gasteiger partial charge in [0.15, 0.2) is 6.29 Å². The lowest BCUT2D eigenvalue weighted by Crippen LogP contribution is -2.41. The molecule has 1 aliphatic rings. The highest BCUT2D eigenvalue weighted by molar-refractivity contribution is 5.82. The Hall–Kier alpha value is -3.26. The second-order valence-corrected chi connectivity index (χ2v) is 6.62. The lowest BCUT2D eigenvalue weighted by Gasteiger charge is -2.32. The maximum atomic E-state index is 12.1. The smallest absolute Gasteiger partial charge is 0.280 e. The number of nitrogens with one attached hydrogen (secondary N) is 1. The largest absolute Gasteiger partial charge is 0.494 e. The van der Waals surface area contributed by atoms with E-state index in [9.17, 15) is 19.7 Å². The van der Waals surface area contributed by atoms with E-state index < -0.39 is 16.7 Å². The monoisotopic (exact) mass is 383 g/mol. The minimum Gasteiger partial charge on any atom is -0.494 e. The van der Waals surface area contributed by atoms with Gasteiger partial charge in [-0.25, -0.2) is 0 Å². The molecule has 3 rings (SSSR count). The number of carbonyl (C=O) groups excluding carboxylic acids is 2. The number of amides is 1. The average Bonchev–Trinajstić information content (AvgIpc) is 2.70. The van der Waals surface area contributed by atoms with Gasteiger partial charge in [-0.3, -0.25) is 19.7 Å². The summed E-state index contributed by atoms with van der Waals surface area (Å²) >= 11 is 0. The maximum Gasteiger partial charge on any atom is 0.280 e. The minimum absolute atomic E-state index is 0.0585. The highest BCUT2D eigenvalue weighted by Crippen LogP contribution is 2.31. The second-order valence-electron chi connectivity index (χ2n) is 6.62. The summed E-state index contributed by atoms with van der Waals surface area (Å²) < 4.78 is 5.63. The Labute approximate surface area is 161 Å². The minimum atomic E-state index is -0.622. The molecule has 0 fully saturated rings. The fraction of sp³-hybridized carbons (Fsp3) is 0.300. The van der Waals surface area contributed by atoms with Crippen molar-refractivity contribution < 1.29 is 19.2 Å². The molecule has 2 unspecified atom stereocenters. The van der Waals surface area contributed by atoms with Gasteiger partial charge >= 0.3 is 0 Å². The molecule has 3 N–H and O–H groups in total. The normalized spacial score (nSPS) is 16.6. The number of nitrogens with two attached hydrogens (primary N) is 1. The number of nitro groups is 1. The first-order valence-electron chi connectivity index (χ1n) is 8.98. The molecule has 0 bridgehead atoms. The third-order valence-electron chi connectivity index (χ3n) is 4.94. The van der Waals surface area contributed by atoms with Crippen molar-refractivity contribution >= 4 is 17.9 Å². The van der Waals surface area contributed by atoms with E-state index in [0.717, 1.165) is 18.5 Å². The molecule has 2 aromatic carbocycles. The van der Waals surface area contributed by atoms with E-state index in [1.54, 1.807) is 0 Å². The molecule has 1 aliphatic heterocycles. The summed E-state index contributed by atoms with van der Waals surface area (Å²) in [5.41, 5.74) is 7.58. The van der Waals surface area contributed by atoms with Gasteiger partial charge in [-0.1, -0.05) is 24.3 Å². The Morgan fingerprint density at radius 1 is 1.36 bits per heavy atom. The standard InChI is InChI=1S/C20H21N3O5/c21-20(25)17(19-16-4-2-1-3-13(16)7-9-22-19)8-10-28-15-5-6-18(23(26)27)14(11-15)12-24/h1-6,11-12,17,19,22H,7-10H2,(H2,21,25). The van der Waals surface area contributed by atoms with E-state index in [0.29, 0.717) is 18.5 Å². The quantitative estimate of drug-likeness (QED) is 0.409. The van der Waals surface area contributed by atoms with Crippen molar-refractivity contribution in [3.63, 3.8) is 0 Å². The topological polar surface area (TPSA) is 125 Å². The molecule has 2 atom stereocenters. The van der Waals surface area contributed by atoms with Crippen LogP contribution in [0.3, 0.4) is 0 Å². The summed E-state index contributed by atoms with van der Waals surface area (Å²) in [5.74, 6) is -0.562. The van der Waals surface area contributed by atoms with Gasteiger partial charge in [-0.15, -0.1) is 0 Å². The number of nitrogens with zero attached hydrogens (tertiary/aromatic N) is 1. The van der Waals surface area contributed by atoms with Crippen LogP contribution >= 0.6 is 0 Å². The van der Waals surface area contributed by atoms with Gasteiger partial charge in [0.05, 0.1) is 23.0 Å². The number of benzene rings is 2. The molecule has 0 spiro atoms. The van der Waals surface area contributed by atoms with Crippen molar-refractivity contribution in [3.05, 3.63) is 69.3 Å². The van der Waals surface area contributed by atoms with Crippen LogP contribution in [0, 0.1) is 16.0 Å². The molecular weight excluding hydrogens is 362 g/mol. The molecule has 0 saturated carbocycles. The zero-order chi connectivity index (χ0) is 20.1. The molecule has 8 nitrogen and oxygen atoms in total. The number of aldehydes is 1. The zero-order valence-corrected chi connectivity index (χ0v) is 15.2. The Balaban J connectivity index is 1.70. The fourth-order valence-corrected chi connectivity index (χ4v) is 3.56. The number of nitro benzene ring substituents is 1. The van der Waals surface area contributed by atoms with Crippen molar-refractivity contribution in [2.75, 3.05) is 13.2 Å². The van der Waals surface area contributed by atoms with Crippen molar-refractivity contribution in [1.82, 2.24) is 5.32 Å². The molecule has 0 aromatic heterocycles. The van der Waals surface area contributed by atoms with Gasteiger partial charge in [-0.2, -0.15) is 0 Å². The summed E-state index contributed by atoms with van der Waals surface area (Å²) in [6.45, 7) is 0.946. The Kier molecular flexibility index (Phi) is 6.00. The molecule has 1 amide bonds. The van der Waals surface area contributed by atoms with Gasteiger partial charge in [0.25, 0.3) is 5.69 Å². The van der Waals surface area contributed by atoms with Gasteiger partial charge in [0.2, 0.25) is 5.91 Å². The van der Waals surface area contributed by atoms with Crippen molar-refractivity contribution in [2.45, 2.75) is 18.9 Å². The van der Waals surface area contributed by atoms with Gasteiger partial charge in [0, 0.05) is 12.1 Å². The first kappa shape index (κ1) is 19.5. The predicted molar refractivity (Wildman–Crippen MR) is 102 cm³/mol. The molecule has 0 radical (unpaired) electrons. The summed E-state index contributed by atoms with van der Waals surface area (Å²) in [7, 11) is 0. The van der Waals surface area contributed by atoms with Crippen LogP contribution in [-0.4, -0.2) is 30.3 Å². The molecular formula is C20H21N3O5. The molecule has 0 saturated heterocycles. The van der Waals surface area contributed by atoms with E-state index in [1.165, 1.54) is 23.8 Å². The summed E-state index contributed by atoms with van der Waals surface area (Å²) in [4.78, 5) is 33.4. The number of primary amides is 1. The van der Waals surface area contributed by atoms with Crippen LogP contribution in [0.15, 0.2) is 42.5 Å². The molecule has 0 aliphatic carbocycles. The Morgan fingerprint density at radius 2 is 2.14 bits per heavy atom. The SMILES string of the molecule is NC(=O)C(CCOc1ccc([N+](=O)[O-])c(C=O)c1)C1NCCc2ccccc21. The summed E-state index contributed by atoms with van der Waals surface area (Å²) in [6, 6.07) is 11.7. The first-order chi connectivity index (χ1) is 13.5. The van der Waals surface area contributed by atoms with Crippen LogP contribution in [0.4, 0.5) is 5.69 Å². The number of hydrogen-bond acceptors (Lipinski definition) is 6. The third kappa shape index (κ3) is 4.17. The van der Waals surface area contributed by atoms with E-state index in [4.69, 9.17) is 10.5 Å². The number of carbonyl (C=O) groups is 2. The number of rotatable bonds is 8. The van der Waals surface area contributed by atoms with Crippen LogP contribution < -0.4 is 15.8 Å². The van der Waals surface area contributed by atoms with E-state index in [1.807, 2.05) is 18.2 Å². The zero-order valence-electron chi connectivity index (χ0n) is 15.2. The molecule has 8 heteroatoms. The van der Waals surface area contributed by atoms with Crippen molar-refractivity contribution in [3.8, 4) is 5.75 Å². The maximum absolute atomic E-state index is 12.1. The summed E-state index contributed by atoms with van der Waals surface area (Å²) in [6.07, 6.45) is 1.68. The van der Waals surface area contributed by atoms with Crippen molar-refractivity contribution in [1.29, 1.82) is 0 Å². The number of hydrogen-bond donors (Lipinski definition) is 2. The van der Waals surface area contributed by atoms with E-state index in [2.05, 4.69) is 11.4 Å². The average molecular weight is 383 g/mol. The fourth-order valence-electron chi connectivity index (χ4n) is 3.56. The van der Waals surface area contributed by atoms with Gasteiger partial charge in [0.1, 0.15) is 5.75 Å². The molecule has 28 heavy (non-hydrogen) atoms. The Bertz CT molecular complexity index is 899. The van der Waals surface area contributed by atoms with Crippen LogP contribution in [0.1, 0.15) is 33.9 Å². The molecule has 2 aromatic rings. The van der Waals surface area contributed by atoms with Crippen molar-refractivity contribution in [2.24, 2.45) is 11.7 Å². The Morgan fingerprint density at radius 3 is 2.86 bits per heavy atom. The first-order valence-corrected chi connectivity index (χ1v) is 8.98. The highest BCUT2D eigenvalue weighted by atomic mass is 16.6. The molecule has 146 valence electrons. The lowest BCUT2D eigenvalue weighted by atomic mass is 9.84. The lowest BCUT2D eigenvalue weighted by molar-refractivity contribution is -0.385. The van der Waals surface area contributed by atoms with Crippen LogP contribution in [-0.2, 0) is 11.2 Å². The van der Waals surface area contributed by atoms with E-state index in [-0.39, 0.29) is 23.9 Å². The number of ether oxygens (including phenoxy) is 1. The molecule has 1 heterocycles. The van der Waals surface area contributed by atoms with Gasteiger partial charge < -0.3 is 15.8 Å². The number of fused-ring (bicyclic) bond motifs is 1. The van der Waals surface area contributed by atoms with Crippen LogP contribution in [0.25, 0.3) is 0 Å². The third-order valence-corrected chi connectivity index (χ3v) is 4.94. The van der Waals surface area contributed by atoms with Crippen LogP contribution in [0.2, 0.25) is 0 Å².